The van der Waals surface area contributed by atoms with E-state index in [1.54, 1.807) is 9.80 Å². The maximum atomic E-state index is 12.8. The fraction of sp³-hybridized carbons (Fsp3) is 0.706. The van der Waals surface area contributed by atoms with Crippen LogP contribution in [0.5, 0.6) is 0 Å². The molecule has 2 amide bonds. The van der Waals surface area contributed by atoms with Crippen LogP contribution in [0.15, 0.2) is 5.38 Å². The van der Waals surface area contributed by atoms with Gasteiger partial charge in [0.05, 0.1) is 5.92 Å². The zero-order valence-electron chi connectivity index (χ0n) is 15.0. The van der Waals surface area contributed by atoms with Crippen molar-refractivity contribution in [1.29, 1.82) is 0 Å². The van der Waals surface area contributed by atoms with Gasteiger partial charge in [-0.2, -0.15) is 13.2 Å². The van der Waals surface area contributed by atoms with E-state index in [4.69, 9.17) is 5.73 Å². The molecule has 148 valence electrons. The Morgan fingerprint density at radius 2 is 1.89 bits per heavy atom. The predicted octanol–water partition coefficient (Wildman–Crippen LogP) is 1.96. The number of thiazole rings is 1. The van der Waals surface area contributed by atoms with Gasteiger partial charge in [-0.3, -0.25) is 9.59 Å². The average Bonchev–Trinajstić information content (AvgIpc) is 2.96. The van der Waals surface area contributed by atoms with Gasteiger partial charge in [0, 0.05) is 42.9 Å². The molecule has 6 nitrogen and oxygen atoms in total. The molecule has 4 rings (SSSR count). The van der Waals surface area contributed by atoms with E-state index in [1.165, 1.54) is 0 Å². The van der Waals surface area contributed by atoms with Crippen LogP contribution in [0.3, 0.4) is 0 Å². The van der Waals surface area contributed by atoms with Gasteiger partial charge in [0.15, 0.2) is 10.8 Å². The number of hydrogen-bond donors (Lipinski definition) is 1. The Labute approximate surface area is 158 Å². The molecule has 3 fully saturated rings. The second kappa shape index (κ2) is 5.59. The smallest absolute Gasteiger partial charge is 0.369 e. The second-order valence-electron chi connectivity index (χ2n) is 8.65. The summed E-state index contributed by atoms with van der Waals surface area (Å²) in [5.74, 6) is -0.871. The van der Waals surface area contributed by atoms with Crippen LogP contribution < -0.4 is 10.6 Å². The highest BCUT2D eigenvalue weighted by molar-refractivity contribution is 7.13. The minimum absolute atomic E-state index is 0.0210. The van der Waals surface area contributed by atoms with Crippen molar-refractivity contribution in [2.75, 3.05) is 31.1 Å². The zero-order valence-corrected chi connectivity index (χ0v) is 15.9. The Kier molecular flexibility index (Phi) is 3.83. The van der Waals surface area contributed by atoms with Crippen LogP contribution in [0.1, 0.15) is 26.0 Å². The molecule has 1 saturated carbocycles. The third-order valence-corrected chi connectivity index (χ3v) is 7.08. The molecule has 1 unspecified atom stereocenters. The highest BCUT2D eigenvalue weighted by Crippen LogP contribution is 2.54. The van der Waals surface area contributed by atoms with Crippen LogP contribution in [-0.2, 0) is 15.8 Å². The van der Waals surface area contributed by atoms with E-state index < -0.39 is 29.1 Å². The van der Waals surface area contributed by atoms with Gasteiger partial charge in [0.25, 0.3) is 0 Å². The lowest BCUT2D eigenvalue weighted by atomic mass is 9.71. The number of alkyl halides is 3. The first-order valence-corrected chi connectivity index (χ1v) is 9.67. The Morgan fingerprint density at radius 3 is 2.37 bits per heavy atom. The van der Waals surface area contributed by atoms with E-state index in [0.29, 0.717) is 19.6 Å². The summed E-state index contributed by atoms with van der Waals surface area (Å²) in [6, 6.07) is 0. The topological polar surface area (TPSA) is 79.5 Å². The third-order valence-electron chi connectivity index (χ3n) is 6.18. The molecule has 3 heterocycles. The molecule has 2 saturated heterocycles. The van der Waals surface area contributed by atoms with Gasteiger partial charge in [0.2, 0.25) is 11.8 Å². The zero-order chi connectivity index (χ0) is 19.8. The fourth-order valence-corrected chi connectivity index (χ4v) is 5.19. The van der Waals surface area contributed by atoms with Gasteiger partial charge in [-0.05, 0) is 11.8 Å². The number of nitrogens with two attached hydrogens (primary N) is 1. The number of anilines is 1. The van der Waals surface area contributed by atoms with Crippen LogP contribution in [0.4, 0.5) is 18.3 Å². The summed E-state index contributed by atoms with van der Waals surface area (Å²) in [5.41, 5.74) is 4.17. The summed E-state index contributed by atoms with van der Waals surface area (Å²) in [7, 11) is 0. The van der Waals surface area contributed by atoms with E-state index in [-0.39, 0.29) is 28.9 Å². The van der Waals surface area contributed by atoms with Gasteiger partial charge in [0.1, 0.15) is 0 Å². The highest BCUT2D eigenvalue weighted by Gasteiger charge is 2.61. The number of nitrogens with zero attached hydrogens (tertiary/aromatic N) is 3. The molecule has 1 spiro atoms. The van der Waals surface area contributed by atoms with Crippen molar-refractivity contribution in [3.63, 3.8) is 0 Å². The number of amides is 2. The first-order valence-electron chi connectivity index (χ1n) is 8.79. The fourth-order valence-electron chi connectivity index (χ4n) is 4.35. The van der Waals surface area contributed by atoms with Gasteiger partial charge in [-0.25, -0.2) is 4.98 Å². The molecule has 2 atom stereocenters. The molecule has 10 heteroatoms. The normalized spacial score (nSPS) is 28.3. The number of carbonyl (C=O) groups excluding carboxylic acids is 2. The molecule has 1 aliphatic carbocycles. The molecular formula is C17H21F3N4O2S. The summed E-state index contributed by atoms with van der Waals surface area (Å²) >= 11 is 0.907. The lowest BCUT2D eigenvalue weighted by Crippen LogP contribution is -2.64. The maximum Gasteiger partial charge on any atom is 0.434 e. The van der Waals surface area contributed by atoms with Crippen LogP contribution in [0.25, 0.3) is 0 Å². The van der Waals surface area contributed by atoms with Gasteiger partial charge >= 0.3 is 6.18 Å². The number of halogens is 3. The first kappa shape index (κ1) is 18.5. The minimum Gasteiger partial charge on any atom is -0.369 e. The molecular weight excluding hydrogens is 381 g/mol. The molecule has 0 bridgehead atoms. The van der Waals surface area contributed by atoms with Gasteiger partial charge in [-0.1, -0.05) is 13.8 Å². The second-order valence-corrected chi connectivity index (χ2v) is 9.49. The van der Waals surface area contributed by atoms with Gasteiger partial charge in [-0.15, -0.1) is 11.3 Å². The van der Waals surface area contributed by atoms with Crippen LogP contribution in [0, 0.1) is 22.7 Å². The molecule has 1 aromatic heterocycles. The molecule has 3 aliphatic rings. The summed E-state index contributed by atoms with van der Waals surface area (Å²) in [6.45, 7) is 5.55. The van der Waals surface area contributed by atoms with E-state index in [2.05, 4.69) is 18.8 Å². The average molecular weight is 402 g/mol. The van der Waals surface area contributed by atoms with Crippen molar-refractivity contribution in [3.05, 3.63) is 11.1 Å². The predicted molar refractivity (Wildman–Crippen MR) is 92.9 cm³/mol. The summed E-state index contributed by atoms with van der Waals surface area (Å²) in [4.78, 5) is 31.6. The van der Waals surface area contributed by atoms with E-state index in [0.717, 1.165) is 23.1 Å². The lowest BCUT2D eigenvalue weighted by molar-refractivity contribution is -0.150. The summed E-state index contributed by atoms with van der Waals surface area (Å²) in [5, 5.41) is 1.21. The van der Waals surface area contributed by atoms with E-state index in [1.807, 2.05) is 0 Å². The number of hydrogen-bond acceptors (Lipinski definition) is 5. The van der Waals surface area contributed by atoms with Crippen LogP contribution >= 0.6 is 11.3 Å². The first-order chi connectivity index (χ1) is 12.4. The van der Waals surface area contributed by atoms with Crippen molar-refractivity contribution in [3.8, 4) is 0 Å². The van der Waals surface area contributed by atoms with Crippen molar-refractivity contribution in [1.82, 2.24) is 9.88 Å². The molecule has 27 heavy (non-hydrogen) atoms. The monoisotopic (exact) mass is 402 g/mol. The number of rotatable bonds is 3. The minimum atomic E-state index is -4.49. The number of likely N-dealkylation sites (tertiary alicyclic amines) is 1. The maximum absolute atomic E-state index is 12.8. The Balaban J connectivity index is 1.48. The summed E-state index contributed by atoms with van der Waals surface area (Å²) in [6.07, 6.45) is -3.63. The van der Waals surface area contributed by atoms with Crippen molar-refractivity contribution >= 4 is 28.3 Å². The number of primary amides is 1. The van der Waals surface area contributed by atoms with Crippen LogP contribution in [-0.4, -0.2) is 47.9 Å². The quantitative estimate of drug-likeness (QED) is 0.838. The number of aromatic nitrogens is 1. The molecule has 0 radical (unpaired) electrons. The Bertz CT molecular complexity index is 800. The Hall–Kier alpha value is -1.84. The molecule has 1 aromatic rings. The van der Waals surface area contributed by atoms with E-state index >= 15 is 0 Å². The standard InChI is InChI=1S/C17H21F3N4O2S/c1-15(2)3-9(15)13(26)24-7-16(8-24)6-23(4-10(16)12(21)25)14-22-11(5-27-14)17(18,19)20/h5,9-10H,3-4,6-8H2,1-2H3,(H2,21,25)/t9-,10?/m1/s1. The lowest BCUT2D eigenvalue weighted by Gasteiger charge is -2.50. The summed E-state index contributed by atoms with van der Waals surface area (Å²) < 4.78 is 38.4. The third kappa shape index (κ3) is 2.97. The van der Waals surface area contributed by atoms with Crippen molar-refractivity contribution in [2.24, 2.45) is 28.4 Å². The molecule has 2 N–H and O–H groups in total. The van der Waals surface area contributed by atoms with Gasteiger partial charge < -0.3 is 15.5 Å². The molecule has 0 aromatic carbocycles. The van der Waals surface area contributed by atoms with Crippen LogP contribution in [0.2, 0.25) is 0 Å². The van der Waals surface area contributed by atoms with Crippen molar-refractivity contribution < 1.29 is 22.8 Å². The number of carbonyl (C=O) groups is 2. The largest absolute Gasteiger partial charge is 0.434 e. The Morgan fingerprint density at radius 1 is 1.26 bits per heavy atom. The molecule has 2 aliphatic heterocycles. The SMILES string of the molecule is CC1(C)C[C@@H]1C(=O)N1CC2(C1)CN(c1nc(C(F)(F)F)cs1)CC2C(N)=O. The van der Waals surface area contributed by atoms with E-state index in [9.17, 15) is 22.8 Å². The highest BCUT2D eigenvalue weighted by atomic mass is 32.1. The van der Waals surface area contributed by atoms with Crippen molar-refractivity contribution in [2.45, 2.75) is 26.4 Å².